The number of hydrogen-bond acceptors (Lipinski definition) is 5. The first-order chi connectivity index (χ1) is 17.2. The summed E-state index contributed by atoms with van der Waals surface area (Å²) in [4.78, 5) is 14.8. The summed E-state index contributed by atoms with van der Waals surface area (Å²) in [6, 6.07) is 5.50. The van der Waals surface area contributed by atoms with Gasteiger partial charge in [-0.05, 0) is 66.7 Å². The number of piperidine rings is 1. The zero-order valence-electron chi connectivity index (χ0n) is 20.7. The maximum absolute atomic E-state index is 14.5. The van der Waals surface area contributed by atoms with Crippen LogP contribution in [0.2, 0.25) is 0 Å². The van der Waals surface area contributed by atoms with Crippen molar-refractivity contribution in [3.63, 3.8) is 0 Å². The highest BCUT2D eigenvalue weighted by Gasteiger charge is 2.66. The number of fused-ring (bicyclic) bond motifs is 5. The number of halogens is 2. The Kier molecular flexibility index (Phi) is 5.39. The summed E-state index contributed by atoms with van der Waals surface area (Å²) < 4.78 is 34.1. The molecule has 3 atom stereocenters. The highest BCUT2D eigenvalue weighted by atomic mass is 19.1. The predicted molar refractivity (Wildman–Crippen MR) is 128 cm³/mol. The lowest BCUT2D eigenvalue weighted by molar-refractivity contribution is -0.173. The zero-order valence-corrected chi connectivity index (χ0v) is 20.7. The Morgan fingerprint density at radius 3 is 2.67 bits per heavy atom. The van der Waals surface area contributed by atoms with Gasteiger partial charge in [-0.15, -0.1) is 0 Å². The molecular weight excluding hydrogens is 466 g/mol. The van der Waals surface area contributed by atoms with E-state index in [9.17, 15) is 18.7 Å². The molecule has 2 bridgehead atoms. The molecule has 0 radical (unpaired) electrons. The van der Waals surface area contributed by atoms with Gasteiger partial charge in [-0.3, -0.25) is 0 Å². The molecule has 3 heterocycles. The van der Waals surface area contributed by atoms with E-state index in [1.807, 2.05) is 11.0 Å². The molecule has 6 rings (SSSR count). The van der Waals surface area contributed by atoms with Gasteiger partial charge in [0.15, 0.2) is 0 Å². The number of aliphatic hydroxyl groups is 1. The Morgan fingerprint density at radius 1 is 1.22 bits per heavy atom. The number of likely N-dealkylation sites (tertiary alicyclic amines) is 1. The van der Waals surface area contributed by atoms with Gasteiger partial charge in [-0.25, -0.2) is 13.6 Å². The summed E-state index contributed by atoms with van der Waals surface area (Å²) in [7, 11) is 0. The van der Waals surface area contributed by atoms with Crippen LogP contribution >= 0.6 is 0 Å². The Bertz CT molecular complexity index is 1200. The lowest BCUT2D eigenvalue weighted by Gasteiger charge is -2.48. The largest absolute Gasteiger partial charge is 0.383 e. The molecule has 2 saturated heterocycles. The highest BCUT2D eigenvalue weighted by molar-refractivity contribution is 5.74. The van der Waals surface area contributed by atoms with E-state index in [1.165, 1.54) is 18.2 Å². The third-order valence-electron chi connectivity index (χ3n) is 9.40. The third kappa shape index (κ3) is 3.31. The third-order valence-corrected chi connectivity index (χ3v) is 9.40. The van der Waals surface area contributed by atoms with E-state index >= 15 is 0 Å². The first-order valence-corrected chi connectivity index (χ1v) is 12.8. The van der Waals surface area contributed by atoms with E-state index in [0.717, 1.165) is 36.9 Å². The molecule has 2 aliphatic carbocycles. The summed E-state index contributed by atoms with van der Waals surface area (Å²) in [5.74, 6) is -0.880. The van der Waals surface area contributed by atoms with Crippen molar-refractivity contribution >= 4 is 6.03 Å². The van der Waals surface area contributed by atoms with Gasteiger partial charge in [0, 0.05) is 18.5 Å². The van der Waals surface area contributed by atoms with Crippen LogP contribution in [0.1, 0.15) is 56.7 Å². The Balaban J connectivity index is 1.30. The van der Waals surface area contributed by atoms with Crippen molar-refractivity contribution in [2.24, 2.45) is 11.3 Å². The second-order valence-corrected chi connectivity index (χ2v) is 11.6. The number of carbonyl (C=O) groups is 1. The van der Waals surface area contributed by atoms with Crippen LogP contribution < -0.4 is 5.32 Å². The van der Waals surface area contributed by atoms with Crippen LogP contribution in [0.4, 0.5) is 13.6 Å². The summed E-state index contributed by atoms with van der Waals surface area (Å²) in [5, 5.41) is 22.1. The van der Waals surface area contributed by atoms with Gasteiger partial charge in [0.1, 0.15) is 17.2 Å². The SMILES string of the molecule is CC1(C)C2CCC1(C1CCCN(C(=O)NCC3(O)COC3)C1)c1nnc(-c3c(F)cccc3F)cc12. The van der Waals surface area contributed by atoms with Crippen LogP contribution in [0.15, 0.2) is 24.3 Å². The molecule has 3 fully saturated rings. The van der Waals surface area contributed by atoms with Crippen molar-refractivity contribution < 1.29 is 23.4 Å². The van der Waals surface area contributed by atoms with E-state index in [1.54, 1.807) is 0 Å². The normalized spacial score (nSPS) is 29.5. The van der Waals surface area contributed by atoms with Gasteiger partial charge >= 0.3 is 6.03 Å². The van der Waals surface area contributed by atoms with Crippen molar-refractivity contribution in [2.75, 3.05) is 32.8 Å². The fraction of sp³-hybridized carbons (Fsp3) is 0.593. The smallest absolute Gasteiger partial charge is 0.317 e. The molecule has 9 heteroatoms. The number of nitrogens with one attached hydrogen (secondary N) is 1. The van der Waals surface area contributed by atoms with Crippen molar-refractivity contribution in [1.82, 2.24) is 20.4 Å². The first kappa shape index (κ1) is 23.7. The van der Waals surface area contributed by atoms with Gasteiger partial charge < -0.3 is 20.1 Å². The fourth-order valence-corrected chi connectivity index (χ4v) is 7.50. The maximum Gasteiger partial charge on any atom is 0.317 e. The highest BCUT2D eigenvalue weighted by Crippen LogP contribution is 2.70. The van der Waals surface area contributed by atoms with Crippen molar-refractivity contribution in [3.8, 4) is 11.3 Å². The first-order valence-electron chi connectivity index (χ1n) is 12.8. The van der Waals surface area contributed by atoms with Crippen LogP contribution in [0.5, 0.6) is 0 Å². The number of aromatic nitrogens is 2. The van der Waals surface area contributed by atoms with Crippen LogP contribution in [0.25, 0.3) is 11.3 Å². The van der Waals surface area contributed by atoms with Gasteiger partial charge in [0.2, 0.25) is 0 Å². The van der Waals surface area contributed by atoms with Crippen LogP contribution in [-0.2, 0) is 10.2 Å². The number of hydrogen-bond donors (Lipinski definition) is 2. The van der Waals surface area contributed by atoms with Gasteiger partial charge in [-0.1, -0.05) is 19.9 Å². The lowest BCUT2D eigenvalue weighted by Crippen LogP contribution is -2.59. The molecule has 2 N–H and O–H groups in total. The molecule has 4 aliphatic rings. The number of ether oxygens (including phenoxy) is 1. The number of benzene rings is 1. The maximum atomic E-state index is 14.5. The van der Waals surface area contributed by atoms with Crippen molar-refractivity contribution in [3.05, 3.63) is 47.2 Å². The Labute approximate surface area is 209 Å². The summed E-state index contributed by atoms with van der Waals surface area (Å²) in [6.45, 7) is 6.45. The summed E-state index contributed by atoms with van der Waals surface area (Å²) in [6.07, 6.45) is 3.79. The minimum atomic E-state index is -0.973. The molecule has 2 amide bonds. The van der Waals surface area contributed by atoms with E-state index in [-0.39, 0.29) is 59.7 Å². The molecule has 1 saturated carbocycles. The van der Waals surface area contributed by atoms with E-state index in [0.29, 0.717) is 13.1 Å². The quantitative estimate of drug-likeness (QED) is 0.670. The topological polar surface area (TPSA) is 87.6 Å². The second-order valence-electron chi connectivity index (χ2n) is 11.6. The van der Waals surface area contributed by atoms with Crippen molar-refractivity contribution in [2.45, 2.75) is 56.5 Å². The molecule has 1 aromatic carbocycles. The van der Waals surface area contributed by atoms with E-state index < -0.39 is 17.2 Å². The van der Waals surface area contributed by atoms with Crippen molar-refractivity contribution in [1.29, 1.82) is 0 Å². The number of nitrogens with zero attached hydrogens (tertiary/aromatic N) is 3. The molecule has 7 nitrogen and oxygen atoms in total. The summed E-state index contributed by atoms with van der Waals surface area (Å²) in [5.41, 5.74) is 0.695. The van der Waals surface area contributed by atoms with E-state index in [2.05, 4.69) is 29.4 Å². The van der Waals surface area contributed by atoms with Gasteiger partial charge in [-0.2, -0.15) is 10.2 Å². The van der Waals surface area contributed by atoms with Crippen LogP contribution in [0, 0.1) is 23.0 Å². The number of urea groups is 1. The standard InChI is InChI=1S/C27H32F2N4O3/c1-25(2)18-8-9-27(25,16-5-4-10-33(12-16)24(34)30-13-26(35)14-36-15-26)23-17(18)11-21(31-32-23)22-19(28)6-3-7-20(22)29/h3,6-7,11,16,18,35H,4-5,8-10,12-15H2,1-2H3,(H,30,34). The Hall–Kier alpha value is -2.65. The molecular formula is C27H32F2N4O3. The molecule has 36 heavy (non-hydrogen) atoms. The average molecular weight is 499 g/mol. The molecule has 192 valence electrons. The van der Waals surface area contributed by atoms with E-state index in [4.69, 9.17) is 4.74 Å². The van der Waals surface area contributed by atoms with Gasteiger partial charge in [0.25, 0.3) is 0 Å². The zero-order chi connectivity index (χ0) is 25.3. The van der Waals surface area contributed by atoms with Gasteiger partial charge in [0.05, 0.1) is 36.7 Å². The molecule has 2 aromatic rings. The second kappa shape index (κ2) is 8.18. The lowest BCUT2D eigenvalue weighted by atomic mass is 9.59. The molecule has 3 unspecified atom stereocenters. The number of carbonyl (C=O) groups excluding carboxylic acids is 1. The van der Waals surface area contributed by atoms with Crippen LogP contribution in [0.3, 0.4) is 0 Å². The molecule has 2 aliphatic heterocycles. The number of amides is 2. The Morgan fingerprint density at radius 2 is 1.97 bits per heavy atom. The van der Waals surface area contributed by atoms with Crippen LogP contribution in [-0.4, -0.2) is 64.7 Å². The monoisotopic (exact) mass is 498 g/mol. The number of rotatable bonds is 4. The molecule has 1 aromatic heterocycles. The minimum absolute atomic E-state index is 0.126. The molecule has 0 spiro atoms. The summed E-state index contributed by atoms with van der Waals surface area (Å²) >= 11 is 0. The predicted octanol–water partition coefficient (Wildman–Crippen LogP) is 3.76. The average Bonchev–Trinajstić information content (AvgIpc) is 3.22. The minimum Gasteiger partial charge on any atom is -0.383 e. The fourth-order valence-electron chi connectivity index (χ4n) is 7.50.